The molecule has 0 N–H and O–H groups in total. The fourth-order valence-corrected chi connectivity index (χ4v) is 5.82. The first-order chi connectivity index (χ1) is 17.1. The Morgan fingerprint density at radius 3 is 2.49 bits per heavy atom. The summed E-state index contributed by atoms with van der Waals surface area (Å²) < 4.78 is 5.67. The van der Waals surface area contributed by atoms with Crippen molar-refractivity contribution >= 4 is 23.3 Å². The lowest BCUT2D eigenvalue weighted by Gasteiger charge is -2.21. The van der Waals surface area contributed by atoms with E-state index in [0.29, 0.717) is 6.42 Å². The Balaban J connectivity index is 1.45. The number of likely N-dealkylation sites (N-methyl/N-ethyl adjacent to an activating group) is 1. The van der Waals surface area contributed by atoms with Crippen molar-refractivity contribution in [2.24, 2.45) is 0 Å². The molecule has 190 valence electrons. The van der Waals surface area contributed by atoms with Gasteiger partial charge in [-0.05, 0) is 55.1 Å². The molecule has 1 aliphatic heterocycles. The Morgan fingerprint density at radius 1 is 1.00 bits per heavy atom. The largest absolute Gasteiger partial charge is 0.461 e. The monoisotopic (exact) mass is 493 g/mol. The molecule has 0 radical (unpaired) electrons. The maximum Gasteiger partial charge on any atom is 0.306 e. The molecule has 2 aromatic carbocycles. The van der Waals surface area contributed by atoms with E-state index in [1.165, 1.54) is 59.3 Å². The van der Waals surface area contributed by atoms with E-state index in [4.69, 9.17) is 4.74 Å². The molecule has 1 unspecified atom stereocenters. The molecule has 3 rings (SSSR count). The highest BCUT2D eigenvalue weighted by Crippen LogP contribution is 2.40. The summed E-state index contributed by atoms with van der Waals surface area (Å²) in [6.45, 7) is 5.93. The number of hydrogen-bond acceptors (Lipinski definition) is 4. The normalized spacial score (nSPS) is 14.9. The summed E-state index contributed by atoms with van der Waals surface area (Å²) in [7, 11) is 2.12. The van der Waals surface area contributed by atoms with Gasteiger partial charge in [0, 0.05) is 30.2 Å². The van der Waals surface area contributed by atoms with E-state index >= 15 is 0 Å². The van der Waals surface area contributed by atoms with Crippen LogP contribution in [-0.2, 0) is 15.3 Å². The third kappa shape index (κ3) is 9.16. The quantitative estimate of drug-likeness (QED) is 0.196. The van der Waals surface area contributed by atoms with Crippen LogP contribution in [0.2, 0.25) is 0 Å². The molecular weight excluding hydrogens is 450 g/mol. The number of benzene rings is 2. The van der Waals surface area contributed by atoms with Gasteiger partial charge >= 0.3 is 5.97 Å². The molecule has 4 heteroatoms. The van der Waals surface area contributed by atoms with Gasteiger partial charge in [-0.2, -0.15) is 0 Å². The van der Waals surface area contributed by atoms with Crippen molar-refractivity contribution in [2.75, 3.05) is 20.1 Å². The van der Waals surface area contributed by atoms with Gasteiger partial charge in [0.1, 0.15) is 6.10 Å². The predicted octanol–water partition coefficient (Wildman–Crippen LogP) is 8.12. The standard InChI is InChI=1S/C31H43NO2S/c1-4-5-6-7-8-9-10-21-31(33)34-25(2)23-32(3)22-15-19-28-27-17-12-11-16-26(27)24-35-30-20-14-13-18-29(28)30/h11-14,16-20,25H,4-10,15,21-24H2,1-3H3/b28-19-. The molecule has 1 atom stereocenters. The van der Waals surface area contributed by atoms with Crippen LogP contribution in [0.1, 0.15) is 88.3 Å². The molecule has 0 amide bonds. The number of fused-ring (bicyclic) bond motifs is 2. The minimum Gasteiger partial charge on any atom is -0.461 e. The average Bonchev–Trinajstić information content (AvgIpc) is 3.00. The van der Waals surface area contributed by atoms with Crippen LogP contribution in [0.3, 0.4) is 0 Å². The number of nitrogens with zero attached hydrogens (tertiary/aromatic N) is 1. The summed E-state index contributed by atoms with van der Waals surface area (Å²) in [5.41, 5.74) is 5.41. The van der Waals surface area contributed by atoms with E-state index in [9.17, 15) is 4.79 Å². The van der Waals surface area contributed by atoms with Gasteiger partial charge in [-0.1, -0.05) is 94.0 Å². The van der Waals surface area contributed by atoms with Gasteiger partial charge in [0.25, 0.3) is 0 Å². The number of rotatable bonds is 14. The highest BCUT2D eigenvalue weighted by atomic mass is 32.2. The van der Waals surface area contributed by atoms with Gasteiger partial charge in [-0.25, -0.2) is 0 Å². The molecule has 0 aliphatic carbocycles. The van der Waals surface area contributed by atoms with Crippen molar-refractivity contribution in [1.82, 2.24) is 4.90 Å². The fraction of sp³-hybridized carbons (Fsp3) is 0.516. The summed E-state index contributed by atoms with van der Waals surface area (Å²) >= 11 is 1.92. The first-order valence-corrected chi connectivity index (χ1v) is 14.5. The fourth-order valence-electron chi connectivity index (χ4n) is 4.75. The van der Waals surface area contributed by atoms with Crippen molar-refractivity contribution in [3.8, 4) is 0 Å². The summed E-state index contributed by atoms with van der Waals surface area (Å²) in [6.07, 6.45) is 12.3. The number of hydrogen-bond donors (Lipinski definition) is 0. The molecular formula is C31H43NO2S. The second-order valence-electron chi connectivity index (χ2n) is 9.78. The van der Waals surface area contributed by atoms with E-state index < -0.39 is 0 Å². The lowest BCUT2D eigenvalue weighted by molar-refractivity contribution is -0.149. The summed E-state index contributed by atoms with van der Waals surface area (Å²) in [6, 6.07) is 17.5. The lowest BCUT2D eigenvalue weighted by atomic mass is 9.93. The third-order valence-electron chi connectivity index (χ3n) is 6.61. The van der Waals surface area contributed by atoms with Gasteiger partial charge in [-0.15, -0.1) is 11.8 Å². The first-order valence-electron chi connectivity index (χ1n) is 13.5. The maximum absolute atomic E-state index is 12.2. The van der Waals surface area contributed by atoms with E-state index in [1.54, 1.807) is 0 Å². The number of thioether (sulfide) groups is 1. The van der Waals surface area contributed by atoms with Crippen molar-refractivity contribution < 1.29 is 9.53 Å². The third-order valence-corrected chi connectivity index (χ3v) is 7.74. The molecule has 2 aromatic rings. The number of esters is 1. The topological polar surface area (TPSA) is 29.5 Å². The van der Waals surface area contributed by atoms with Crippen LogP contribution in [0, 0.1) is 0 Å². The van der Waals surface area contributed by atoms with Crippen molar-refractivity contribution in [3.05, 3.63) is 71.3 Å². The zero-order valence-corrected chi connectivity index (χ0v) is 22.7. The van der Waals surface area contributed by atoms with Gasteiger partial charge in [0.2, 0.25) is 0 Å². The SMILES string of the molecule is CCCCCCCCCC(=O)OC(C)CN(C)CC/C=C1/c2ccccc2CSc2ccccc21. The number of unbranched alkanes of at least 4 members (excludes halogenated alkanes) is 6. The zero-order valence-electron chi connectivity index (χ0n) is 21.9. The lowest BCUT2D eigenvalue weighted by Crippen LogP contribution is -2.31. The number of carbonyl (C=O) groups excluding carboxylic acids is 1. The predicted molar refractivity (Wildman–Crippen MR) is 150 cm³/mol. The smallest absolute Gasteiger partial charge is 0.306 e. The molecule has 3 nitrogen and oxygen atoms in total. The molecule has 0 saturated heterocycles. The second-order valence-corrected chi connectivity index (χ2v) is 10.8. The van der Waals surface area contributed by atoms with Crippen molar-refractivity contribution in [3.63, 3.8) is 0 Å². The molecule has 0 fully saturated rings. The molecule has 0 saturated carbocycles. The summed E-state index contributed by atoms with van der Waals surface area (Å²) in [5, 5.41) is 0. The first kappa shape index (κ1) is 27.5. The van der Waals surface area contributed by atoms with Crippen LogP contribution >= 0.6 is 11.8 Å². The van der Waals surface area contributed by atoms with Gasteiger partial charge < -0.3 is 9.64 Å². The van der Waals surface area contributed by atoms with Crippen LogP contribution in [0.25, 0.3) is 5.57 Å². The highest BCUT2D eigenvalue weighted by Gasteiger charge is 2.18. The average molecular weight is 494 g/mol. The summed E-state index contributed by atoms with van der Waals surface area (Å²) in [5.74, 6) is 0.956. The van der Waals surface area contributed by atoms with E-state index in [0.717, 1.165) is 38.1 Å². The van der Waals surface area contributed by atoms with Gasteiger partial charge in [-0.3, -0.25) is 4.79 Å². The van der Waals surface area contributed by atoms with Crippen molar-refractivity contribution in [1.29, 1.82) is 0 Å². The van der Waals surface area contributed by atoms with E-state index in [2.05, 4.69) is 73.5 Å². The van der Waals surface area contributed by atoms with Crippen LogP contribution in [0.4, 0.5) is 0 Å². The minimum atomic E-state index is -0.0829. The molecule has 0 bridgehead atoms. The highest BCUT2D eigenvalue weighted by molar-refractivity contribution is 7.98. The Kier molecular flexibility index (Phi) is 11.9. The van der Waals surface area contributed by atoms with E-state index in [1.807, 2.05) is 18.7 Å². The number of carbonyl (C=O) groups is 1. The van der Waals surface area contributed by atoms with Crippen LogP contribution < -0.4 is 0 Å². The second kappa shape index (κ2) is 15.2. The van der Waals surface area contributed by atoms with Gasteiger partial charge in [0.05, 0.1) is 0 Å². The van der Waals surface area contributed by atoms with Crippen molar-refractivity contribution in [2.45, 2.75) is 88.4 Å². The van der Waals surface area contributed by atoms with Crippen LogP contribution in [0.15, 0.2) is 59.5 Å². The Labute approximate surface area is 217 Å². The van der Waals surface area contributed by atoms with Crippen LogP contribution in [-0.4, -0.2) is 37.1 Å². The molecule has 35 heavy (non-hydrogen) atoms. The van der Waals surface area contributed by atoms with Gasteiger partial charge in [0.15, 0.2) is 0 Å². The molecule has 0 aromatic heterocycles. The Hall–Kier alpha value is -2.04. The Bertz CT molecular complexity index is 905. The van der Waals surface area contributed by atoms with E-state index in [-0.39, 0.29) is 12.1 Å². The van der Waals surface area contributed by atoms with Crippen LogP contribution in [0.5, 0.6) is 0 Å². The number of ether oxygens (including phenoxy) is 1. The molecule has 0 spiro atoms. The Morgan fingerprint density at radius 2 is 1.69 bits per heavy atom. The minimum absolute atomic E-state index is 0.0502. The molecule has 1 aliphatic rings. The maximum atomic E-state index is 12.2. The molecule has 1 heterocycles. The zero-order chi connectivity index (χ0) is 24.9. The summed E-state index contributed by atoms with van der Waals surface area (Å²) in [4.78, 5) is 15.8.